The van der Waals surface area contributed by atoms with Gasteiger partial charge in [-0.1, -0.05) is 0 Å². The van der Waals surface area contributed by atoms with Crippen LogP contribution in [0.2, 0.25) is 0 Å². The van der Waals surface area contributed by atoms with Gasteiger partial charge in [0.25, 0.3) is 0 Å². The van der Waals surface area contributed by atoms with E-state index in [0.717, 1.165) is 58.0 Å². The molecule has 26 heavy (non-hydrogen) atoms. The number of hydrogen-bond donors (Lipinski definition) is 1. The van der Waals surface area contributed by atoms with Crippen molar-refractivity contribution in [2.24, 2.45) is 5.92 Å². The highest BCUT2D eigenvalue weighted by Crippen LogP contribution is 2.35. The number of amides is 2. The van der Waals surface area contributed by atoms with Crippen molar-refractivity contribution >= 4 is 12.0 Å². The van der Waals surface area contributed by atoms with Gasteiger partial charge in [-0.05, 0) is 52.7 Å². The third kappa shape index (κ3) is 4.49. The molecule has 2 aliphatic heterocycles. The molecule has 7 nitrogen and oxygen atoms in total. The lowest BCUT2D eigenvalue weighted by atomic mass is 9.85. The van der Waals surface area contributed by atoms with Crippen LogP contribution in [0, 0.1) is 5.92 Å². The predicted molar refractivity (Wildman–Crippen MR) is 97.7 cm³/mol. The van der Waals surface area contributed by atoms with Crippen LogP contribution >= 0.6 is 0 Å². The number of aliphatic hydroxyl groups is 1. The Morgan fingerprint density at radius 2 is 1.88 bits per heavy atom. The molecule has 148 valence electrons. The van der Waals surface area contributed by atoms with Crippen LogP contribution in [0.3, 0.4) is 0 Å². The van der Waals surface area contributed by atoms with E-state index in [-0.39, 0.29) is 24.0 Å². The Kier molecular flexibility index (Phi) is 6.07. The average Bonchev–Trinajstić information content (AvgIpc) is 2.90. The van der Waals surface area contributed by atoms with Gasteiger partial charge in [0.05, 0.1) is 12.6 Å². The molecule has 2 heterocycles. The summed E-state index contributed by atoms with van der Waals surface area (Å²) in [6.45, 7) is 3.66. The Morgan fingerprint density at radius 1 is 1.23 bits per heavy atom. The van der Waals surface area contributed by atoms with Crippen molar-refractivity contribution in [1.82, 2.24) is 14.7 Å². The van der Waals surface area contributed by atoms with E-state index < -0.39 is 5.60 Å². The van der Waals surface area contributed by atoms with Crippen molar-refractivity contribution in [3.63, 3.8) is 0 Å². The van der Waals surface area contributed by atoms with Gasteiger partial charge in [0.2, 0.25) is 5.91 Å². The molecule has 3 rings (SSSR count). The molecule has 0 aromatic heterocycles. The number of piperidine rings is 1. The van der Waals surface area contributed by atoms with Crippen LogP contribution in [-0.2, 0) is 9.53 Å². The second-order valence-electron chi connectivity index (χ2n) is 8.46. The van der Waals surface area contributed by atoms with E-state index in [1.807, 2.05) is 23.9 Å². The summed E-state index contributed by atoms with van der Waals surface area (Å²) in [7, 11) is 4.06. The van der Waals surface area contributed by atoms with E-state index >= 15 is 0 Å². The first-order valence-corrected chi connectivity index (χ1v) is 9.98. The van der Waals surface area contributed by atoms with Crippen LogP contribution in [0.25, 0.3) is 0 Å². The molecule has 1 N–H and O–H groups in total. The van der Waals surface area contributed by atoms with Crippen molar-refractivity contribution in [3.05, 3.63) is 0 Å². The lowest BCUT2D eigenvalue weighted by Gasteiger charge is -2.39. The predicted octanol–water partition coefficient (Wildman–Crippen LogP) is 1.30. The van der Waals surface area contributed by atoms with Crippen molar-refractivity contribution in [2.75, 3.05) is 46.8 Å². The van der Waals surface area contributed by atoms with Crippen LogP contribution in [0.15, 0.2) is 0 Å². The van der Waals surface area contributed by atoms with Gasteiger partial charge in [0.15, 0.2) is 0 Å². The zero-order valence-electron chi connectivity index (χ0n) is 16.2. The minimum absolute atomic E-state index is 0.0566. The van der Waals surface area contributed by atoms with Crippen LogP contribution < -0.4 is 0 Å². The number of carbonyl (C=O) groups is 2. The summed E-state index contributed by atoms with van der Waals surface area (Å²) in [4.78, 5) is 30.8. The number of likely N-dealkylation sites (tertiary alicyclic amines) is 1. The Labute approximate surface area is 156 Å². The molecule has 0 atom stereocenters. The van der Waals surface area contributed by atoms with Crippen molar-refractivity contribution in [1.29, 1.82) is 0 Å². The van der Waals surface area contributed by atoms with Gasteiger partial charge in [0.1, 0.15) is 5.60 Å². The van der Waals surface area contributed by atoms with Gasteiger partial charge in [-0.15, -0.1) is 0 Å². The number of carbonyl (C=O) groups excluding carboxylic acids is 2. The molecule has 0 unspecified atom stereocenters. The summed E-state index contributed by atoms with van der Waals surface area (Å²) < 4.78 is 5.75. The van der Waals surface area contributed by atoms with Gasteiger partial charge in [-0.2, -0.15) is 0 Å². The molecule has 3 fully saturated rings. The fourth-order valence-electron chi connectivity index (χ4n) is 4.42. The minimum atomic E-state index is -0.408. The smallest absolute Gasteiger partial charge is 0.410 e. The zero-order chi connectivity index (χ0) is 18.7. The first kappa shape index (κ1) is 19.4. The number of ether oxygens (including phenoxy) is 1. The van der Waals surface area contributed by atoms with Gasteiger partial charge >= 0.3 is 6.09 Å². The second kappa shape index (κ2) is 8.13. The van der Waals surface area contributed by atoms with Gasteiger partial charge in [-0.25, -0.2) is 4.79 Å². The van der Waals surface area contributed by atoms with Crippen LogP contribution in [0.1, 0.15) is 44.9 Å². The highest BCUT2D eigenvalue weighted by Gasteiger charge is 2.47. The maximum absolute atomic E-state index is 12.7. The topological polar surface area (TPSA) is 73.3 Å². The van der Waals surface area contributed by atoms with Gasteiger partial charge in [0, 0.05) is 38.4 Å². The Balaban J connectivity index is 1.47. The molecule has 7 heteroatoms. The maximum atomic E-state index is 12.7. The van der Waals surface area contributed by atoms with Gasteiger partial charge < -0.3 is 24.5 Å². The lowest BCUT2D eigenvalue weighted by molar-refractivity contribution is -0.140. The first-order chi connectivity index (χ1) is 12.4. The van der Waals surface area contributed by atoms with Crippen molar-refractivity contribution in [3.8, 4) is 0 Å². The molecule has 2 amide bonds. The molecule has 0 aromatic rings. The molecular weight excluding hydrogens is 334 g/mol. The van der Waals surface area contributed by atoms with Gasteiger partial charge in [-0.3, -0.25) is 4.79 Å². The summed E-state index contributed by atoms with van der Waals surface area (Å²) in [5.74, 6) is 0.278. The van der Waals surface area contributed by atoms with Crippen LogP contribution in [0.5, 0.6) is 0 Å². The Hall–Kier alpha value is -1.34. The number of hydrogen-bond acceptors (Lipinski definition) is 5. The van der Waals surface area contributed by atoms with Crippen molar-refractivity contribution in [2.45, 2.75) is 56.7 Å². The quantitative estimate of drug-likeness (QED) is 0.793. The molecule has 1 aliphatic carbocycles. The highest BCUT2D eigenvalue weighted by atomic mass is 16.6. The largest absolute Gasteiger partial charge is 0.441 e. The summed E-state index contributed by atoms with van der Waals surface area (Å²) in [6.07, 6.45) is 4.99. The maximum Gasteiger partial charge on any atom is 0.410 e. The lowest BCUT2D eigenvalue weighted by Crippen LogP contribution is -2.50. The van der Waals surface area contributed by atoms with E-state index in [1.54, 1.807) is 0 Å². The third-order valence-electron chi connectivity index (χ3n) is 6.11. The number of rotatable bonds is 5. The second-order valence-corrected chi connectivity index (χ2v) is 8.46. The minimum Gasteiger partial charge on any atom is -0.441 e. The Morgan fingerprint density at radius 3 is 2.50 bits per heavy atom. The van der Waals surface area contributed by atoms with Crippen LogP contribution in [0.4, 0.5) is 4.79 Å². The molecular formula is C19H33N3O4. The summed E-state index contributed by atoms with van der Waals surface area (Å²) in [5, 5.41) is 9.62. The van der Waals surface area contributed by atoms with Crippen molar-refractivity contribution < 1.29 is 19.4 Å². The number of aliphatic hydroxyl groups excluding tert-OH is 1. The molecule has 1 spiro atoms. The first-order valence-electron chi connectivity index (χ1n) is 9.98. The van der Waals surface area contributed by atoms with E-state index in [2.05, 4.69) is 4.90 Å². The summed E-state index contributed by atoms with van der Waals surface area (Å²) in [5.41, 5.74) is -0.408. The highest BCUT2D eigenvalue weighted by molar-refractivity contribution is 5.79. The standard InChI is InChI=1S/C19H33N3O4/c1-20(2)10-3-11-22-14-19(26-18(22)25)8-12-21(13-9-19)17(24)15-4-6-16(23)7-5-15/h15-16,23H,3-14H2,1-2H3. The van der Waals surface area contributed by atoms with E-state index in [0.29, 0.717) is 19.6 Å². The third-order valence-corrected chi connectivity index (χ3v) is 6.11. The van der Waals surface area contributed by atoms with E-state index in [9.17, 15) is 14.7 Å². The summed E-state index contributed by atoms with van der Waals surface area (Å²) >= 11 is 0. The van der Waals surface area contributed by atoms with E-state index in [1.165, 1.54) is 0 Å². The monoisotopic (exact) mass is 367 g/mol. The van der Waals surface area contributed by atoms with Crippen LogP contribution in [-0.4, -0.2) is 90.3 Å². The zero-order valence-corrected chi connectivity index (χ0v) is 16.2. The fourth-order valence-corrected chi connectivity index (χ4v) is 4.42. The molecule has 0 aromatic carbocycles. The molecule has 1 saturated carbocycles. The molecule has 0 bridgehead atoms. The molecule has 2 saturated heterocycles. The SMILES string of the molecule is CN(C)CCCN1CC2(CCN(C(=O)C3CCC(O)CC3)CC2)OC1=O. The number of nitrogens with zero attached hydrogens (tertiary/aromatic N) is 3. The normalized spacial score (nSPS) is 28.7. The summed E-state index contributed by atoms with van der Waals surface area (Å²) in [6, 6.07) is 0. The fraction of sp³-hybridized carbons (Fsp3) is 0.895. The average molecular weight is 367 g/mol. The molecule has 3 aliphatic rings. The Bertz CT molecular complexity index is 509. The van der Waals surface area contributed by atoms with E-state index in [4.69, 9.17) is 4.74 Å². The molecule has 0 radical (unpaired) electrons.